The lowest BCUT2D eigenvalue weighted by atomic mass is 9.89. The molecule has 0 saturated heterocycles. The predicted octanol–water partition coefficient (Wildman–Crippen LogP) is 9.06. The molecule has 0 aliphatic rings. The summed E-state index contributed by atoms with van der Waals surface area (Å²) in [6, 6.07) is 25.4. The molecule has 0 amide bonds. The van der Waals surface area contributed by atoms with Crippen LogP contribution >= 0.6 is 11.8 Å². The van der Waals surface area contributed by atoms with E-state index < -0.39 is 0 Å². The number of nitriles is 2. The zero-order chi connectivity index (χ0) is 28.5. The van der Waals surface area contributed by atoms with Gasteiger partial charge in [-0.05, 0) is 83.6 Å². The van der Waals surface area contributed by atoms with Crippen LogP contribution in [0.1, 0.15) is 67.1 Å². The van der Waals surface area contributed by atoms with Crippen molar-refractivity contribution in [3.8, 4) is 34.8 Å². The zero-order valence-corrected chi connectivity index (χ0v) is 23.9. The van der Waals surface area contributed by atoms with E-state index in [0.717, 1.165) is 58.2 Å². The standard InChI is InChI=1S/C34H32N2O3S/c1-4-7-16-38-34(37)24-12-14-28(15-13-24)39-31-18-23(9-5-2)17-26-19-27(21-35)30(22-36)32(33(26)31)25-10-8-11-29(20-25)40-6-3/h8,10-15,17-20H,4-7,9,16H2,1-3H3. The van der Waals surface area contributed by atoms with Gasteiger partial charge in [0.05, 0.1) is 23.3 Å². The van der Waals surface area contributed by atoms with E-state index in [-0.39, 0.29) is 5.97 Å². The summed E-state index contributed by atoms with van der Waals surface area (Å²) >= 11 is 1.72. The van der Waals surface area contributed by atoms with Crippen molar-refractivity contribution >= 4 is 28.5 Å². The highest BCUT2D eigenvalue weighted by molar-refractivity contribution is 7.99. The summed E-state index contributed by atoms with van der Waals surface area (Å²) in [7, 11) is 0. The van der Waals surface area contributed by atoms with Crippen molar-refractivity contribution in [3.63, 3.8) is 0 Å². The minimum Gasteiger partial charge on any atom is -0.462 e. The predicted molar refractivity (Wildman–Crippen MR) is 161 cm³/mol. The van der Waals surface area contributed by atoms with Crippen LogP contribution in [0.3, 0.4) is 0 Å². The Morgan fingerprint density at radius 1 is 0.925 bits per heavy atom. The Morgan fingerprint density at radius 3 is 2.40 bits per heavy atom. The fraction of sp³-hybridized carbons (Fsp3) is 0.265. The van der Waals surface area contributed by atoms with Crippen molar-refractivity contribution in [2.45, 2.75) is 51.3 Å². The fourth-order valence-electron chi connectivity index (χ4n) is 4.66. The van der Waals surface area contributed by atoms with Gasteiger partial charge in [-0.3, -0.25) is 0 Å². The van der Waals surface area contributed by atoms with Crippen LogP contribution in [0.15, 0.2) is 71.6 Å². The molecule has 0 heterocycles. The van der Waals surface area contributed by atoms with E-state index in [9.17, 15) is 15.3 Å². The van der Waals surface area contributed by atoms with Gasteiger partial charge >= 0.3 is 5.97 Å². The van der Waals surface area contributed by atoms with Crippen LogP contribution < -0.4 is 4.74 Å². The van der Waals surface area contributed by atoms with E-state index in [1.54, 1.807) is 42.1 Å². The van der Waals surface area contributed by atoms with Crippen molar-refractivity contribution in [3.05, 3.63) is 89.0 Å². The van der Waals surface area contributed by atoms with Crippen LogP contribution in [-0.2, 0) is 11.2 Å². The maximum atomic E-state index is 12.4. The Morgan fingerprint density at radius 2 is 1.73 bits per heavy atom. The van der Waals surface area contributed by atoms with Gasteiger partial charge in [0.15, 0.2) is 0 Å². The Hall–Kier alpha value is -4.26. The highest BCUT2D eigenvalue weighted by Gasteiger charge is 2.20. The van der Waals surface area contributed by atoms with Gasteiger partial charge in [0.25, 0.3) is 0 Å². The number of rotatable bonds is 11. The molecule has 0 atom stereocenters. The maximum absolute atomic E-state index is 12.4. The Kier molecular flexibility index (Phi) is 9.84. The van der Waals surface area contributed by atoms with Gasteiger partial charge in [0.1, 0.15) is 23.6 Å². The minimum atomic E-state index is -0.356. The molecule has 0 fully saturated rings. The van der Waals surface area contributed by atoms with Gasteiger partial charge in [-0.25, -0.2) is 4.79 Å². The second-order valence-electron chi connectivity index (χ2n) is 9.42. The van der Waals surface area contributed by atoms with Crippen molar-refractivity contribution < 1.29 is 14.3 Å². The van der Waals surface area contributed by atoms with Crippen molar-refractivity contribution in [2.75, 3.05) is 12.4 Å². The number of carbonyl (C=O) groups excluding carboxylic acids is 1. The van der Waals surface area contributed by atoms with E-state index >= 15 is 0 Å². The van der Waals surface area contributed by atoms with Crippen LogP contribution in [0, 0.1) is 22.7 Å². The highest BCUT2D eigenvalue weighted by Crippen LogP contribution is 2.42. The highest BCUT2D eigenvalue weighted by atomic mass is 32.2. The lowest BCUT2D eigenvalue weighted by Crippen LogP contribution is -2.06. The van der Waals surface area contributed by atoms with Crippen LogP contribution in [0.2, 0.25) is 0 Å². The van der Waals surface area contributed by atoms with Gasteiger partial charge in [-0.2, -0.15) is 10.5 Å². The van der Waals surface area contributed by atoms with Crippen LogP contribution in [0.25, 0.3) is 21.9 Å². The molecule has 202 valence electrons. The van der Waals surface area contributed by atoms with Gasteiger partial charge in [0, 0.05) is 15.8 Å². The van der Waals surface area contributed by atoms with E-state index in [0.29, 0.717) is 40.4 Å². The van der Waals surface area contributed by atoms with E-state index in [4.69, 9.17) is 9.47 Å². The summed E-state index contributed by atoms with van der Waals surface area (Å²) < 4.78 is 11.8. The Labute approximate surface area is 240 Å². The second kappa shape index (κ2) is 13.7. The van der Waals surface area contributed by atoms with E-state index in [2.05, 4.69) is 38.1 Å². The van der Waals surface area contributed by atoms with Crippen LogP contribution in [0.5, 0.6) is 11.5 Å². The number of nitrogens with zero attached hydrogens (tertiary/aromatic N) is 2. The number of esters is 1. The summed E-state index contributed by atoms with van der Waals surface area (Å²) in [6.45, 7) is 6.66. The largest absolute Gasteiger partial charge is 0.462 e. The molecule has 4 aromatic rings. The first kappa shape index (κ1) is 28.7. The van der Waals surface area contributed by atoms with Crippen molar-refractivity contribution in [2.24, 2.45) is 0 Å². The molecular formula is C34H32N2O3S. The molecule has 0 N–H and O–H groups in total. The first-order chi connectivity index (χ1) is 19.5. The monoisotopic (exact) mass is 548 g/mol. The molecule has 5 nitrogen and oxygen atoms in total. The third kappa shape index (κ3) is 6.47. The molecule has 4 aromatic carbocycles. The third-order valence-corrected chi connectivity index (χ3v) is 7.39. The second-order valence-corrected chi connectivity index (χ2v) is 10.8. The molecule has 0 unspecified atom stereocenters. The topological polar surface area (TPSA) is 83.1 Å². The number of benzene rings is 4. The quantitative estimate of drug-likeness (QED) is 0.106. The molecule has 0 aliphatic carbocycles. The number of ether oxygens (including phenoxy) is 2. The third-order valence-electron chi connectivity index (χ3n) is 6.52. The molecule has 0 spiro atoms. The molecule has 0 radical (unpaired) electrons. The number of thioether (sulfide) groups is 1. The lowest BCUT2D eigenvalue weighted by Gasteiger charge is -2.18. The summed E-state index contributed by atoms with van der Waals surface area (Å²) in [5.74, 6) is 1.72. The van der Waals surface area contributed by atoms with Crippen LogP contribution in [0.4, 0.5) is 0 Å². The summed E-state index contributed by atoms with van der Waals surface area (Å²) in [5, 5.41) is 21.8. The summed E-state index contributed by atoms with van der Waals surface area (Å²) in [6.07, 6.45) is 3.58. The average molecular weight is 549 g/mol. The molecule has 6 heteroatoms. The Balaban J connectivity index is 1.88. The van der Waals surface area contributed by atoms with E-state index in [1.165, 1.54) is 0 Å². The van der Waals surface area contributed by atoms with Gasteiger partial charge in [0.2, 0.25) is 0 Å². The van der Waals surface area contributed by atoms with Gasteiger partial charge < -0.3 is 9.47 Å². The Bertz CT molecular complexity index is 1600. The van der Waals surface area contributed by atoms with Crippen molar-refractivity contribution in [1.82, 2.24) is 0 Å². The maximum Gasteiger partial charge on any atom is 0.338 e. The molecule has 4 rings (SSSR count). The normalized spacial score (nSPS) is 10.6. The molecule has 0 bridgehead atoms. The van der Waals surface area contributed by atoms with E-state index in [1.807, 2.05) is 31.2 Å². The summed E-state index contributed by atoms with van der Waals surface area (Å²) in [5.41, 5.74) is 3.75. The van der Waals surface area contributed by atoms with Gasteiger partial charge in [-0.15, -0.1) is 11.8 Å². The SMILES string of the molecule is CCCCOC(=O)c1ccc(Oc2cc(CCC)cc3cc(C#N)c(C#N)c(-c4cccc(SCC)c4)c23)cc1. The minimum absolute atomic E-state index is 0.326. The molecule has 0 aromatic heterocycles. The first-order valence-corrected chi connectivity index (χ1v) is 14.6. The molecule has 0 aliphatic heterocycles. The number of hydrogen-bond donors (Lipinski definition) is 0. The number of carbonyl (C=O) groups is 1. The number of unbranched alkanes of at least 4 members (excludes halogenated alkanes) is 1. The molecule has 40 heavy (non-hydrogen) atoms. The molecular weight excluding hydrogens is 516 g/mol. The zero-order valence-electron chi connectivity index (χ0n) is 23.1. The smallest absolute Gasteiger partial charge is 0.338 e. The average Bonchev–Trinajstić information content (AvgIpc) is 2.97. The fourth-order valence-corrected chi connectivity index (χ4v) is 5.38. The first-order valence-electron chi connectivity index (χ1n) is 13.6. The number of aryl methyl sites for hydroxylation is 1. The lowest BCUT2D eigenvalue weighted by molar-refractivity contribution is 0.0499. The summed E-state index contributed by atoms with van der Waals surface area (Å²) in [4.78, 5) is 13.5. The van der Waals surface area contributed by atoms with Gasteiger partial charge in [-0.1, -0.05) is 51.8 Å². The number of hydrogen-bond acceptors (Lipinski definition) is 6. The van der Waals surface area contributed by atoms with Crippen LogP contribution in [-0.4, -0.2) is 18.3 Å². The van der Waals surface area contributed by atoms with Crippen molar-refractivity contribution in [1.29, 1.82) is 10.5 Å². The number of fused-ring (bicyclic) bond motifs is 1. The molecule has 0 saturated carbocycles.